The minimum Gasteiger partial charge on any atom is -0.370 e. The van der Waals surface area contributed by atoms with Gasteiger partial charge in [0.15, 0.2) is 5.96 Å². The number of aryl methyl sites for hydroxylation is 1. The first kappa shape index (κ1) is 20.4. The Bertz CT molecular complexity index is 761. The van der Waals surface area contributed by atoms with E-state index in [0.717, 1.165) is 51.4 Å². The highest BCUT2D eigenvalue weighted by Gasteiger charge is 2.16. The van der Waals surface area contributed by atoms with Crippen LogP contribution >= 0.6 is 0 Å². The first-order chi connectivity index (χ1) is 13.7. The van der Waals surface area contributed by atoms with Crippen LogP contribution in [0.3, 0.4) is 0 Å². The van der Waals surface area contributed by atoms with Crippen LogP contribution in [0.1, 0.15) is 30.5 Å². The van der Waals surface area contributed by atoms with E-state index in [1.807, 2.05) is 12.1 Å². The van der Waals surface area contributed by atoms with E-state index in [0.29, 0.717) is 12.5 Å². The number of piperazine rings is 1. The highest BCUT2D eigenvalue weighted by molar-refractivity contribution is 5.92. The molecule has 0 saturated carbocycles. The second-order valence-electron chi connectivity index (χ2n) is 7.36. The molecule has 0 bridgehead atoms. The van der Waals surface area contributed by atoms with Gasteiger partial charge < -0.3 is 16.0 Å². The van der Waals surface area contributed by atoms with Gasteiger partial charge in [-0.15, -0.1) is 0 Å². The van der Waals surface area contributed by atoms with Gasteiger partial charge in [-0.25, -0.2) is 4.99 Å². The maximum Gasteiger partial charge on any atom is 0.193 e. The first-order valence-electron chi connectivity index (χ1n) is 10.3. The maximum absolute atomic E-state index is 6.11. The molecule has 0 aromatic heterocycles. The summed E-state index contributed by atoms with van der Waals surface area (Å²) in [7, 11) is 0. The van der Waals surface area contributed by atoms with Crippen molar-refractivity contribution in [3.63, 3.8) is 0 Å². The summed E-state index contributed by atoms with van der Waals surface area (Å²) in [5, 5.41) is 3.19. The summed E-state index contributed by atoms with van der Waals surface area (Å²) in [6.07, 6.45) is 1.04. The van der Waals surface area contributed by atoms with E-state index in [-0.39, 0.29) is 0 Å². The lowest BCUT2D eigenvalue weighted by Crippen LogP contribution is -2.45. The molecule has 5 nitrogen and oxygen atoms in total. The minimum atomic E-state index is 0.454. The first-order valence-corrected chi connectivity index (χ1v) is 10.3. The number of rotatable bonds is 7. The molecule has 0 atom stereocenters. The van der Waals surface area contributed by atoms with E-state index in [9.17, 15) is 0 Å². The Kier molecular flexibility index (Phi) is 7.46. The van der Waals surface area contributed by atoms with Crippen LogP contribution in [0, 0.1) is 0 Å². The molecule has 1 aliphatic rings. The quantitative estimate of drug-likeness (QED) is 0.572. The number of hydrogen-bond acceptors (Lipinski definition) is 3. The number of aliphatic imine (C=N–C) groups is 1. The lowest BCUT2D eigenvalue weighted by Gasteiger charge is -2.34. The summed E-state index contributed by atoms with van der Waals surface area (Å²) in [5.74, 6) is 0.454. The van der Waals surface area contributed by atoms with Crippen molar-refractivity contribution in [3.8, 4) is 0 Å². The molecule has 5 heteroatoms. The van der Waals surface area contributed by atoms with Crippen molar-refractivity contribution in [1.82, 2.24) is 9.80 Å². The third-order valence-electron chi connectivity index (χ3n) is 5.48. The van der Waals surface area contributed by atoms with Crippen LogP contribution in [0.2, 0.25) is 0 Å². The fourth-order valence-electron chi connectivity index (χ4n) is 3.55. The third-order valence-corrected chi connectivity index (χ3v) is 5.48. The zero-order valence-electron chi connectivity index (χ0n) is 17.2. The summed E-state index contributed by atoms with van der Waals surface area (Å²) < 4.78 is 0. The molecule has 1 saturated heterocycles. The Labute approximate surface area is 169 Å². The van der Waals surface area contributed by atoms with Gasteiger partial charge >= 0.3 is 0 Å². The molecule has 2 aromatic carbocycles. The van der Waals surface area contributed by atoms with Gasteiger partial charge in [0.05, 0.1) is 6.54 Å². The van der Waals surface area contributed by atoms with Crippen molar-refractivity contribution in [2.75, 3.05) is 38.0 Å². The number of nitrogens with zero attached hydrogens (tertiary/aromatic N) is 3. The molecule has 0 amide bonds. The van der Waals surface area contributed by atoms with E-state index < -0.39 is 0 Å². The van der Waals surface area contributed by atoms with Crippen LogP contribution in [0.15, 0.2) is 53.5 Å². The fraction of sp³-hybridized carbons (Fsp3) is 0.435. The molecule has 1 heterocycles. The molecule has 3 N–H and O–H groups in total. The smallest absolute Gasteiger partial charge is 0.193 e. The van der Waals surface area contributed by atoms with Gasteiger partial charge in [-0.05, 0) is 41.8 Å². The Morgan fingerprint density at radius 2 is 1.57 bits per heavy atom. The van der Waals surface area contributed by atoms with Crippen molar-refractivity contribution < 1.29 is 0 Å². The molecule has 1 aliphatic heterocycles. The lowest BCUT2D eigenvalue weighted by molar-refractivity contribution is 0.131. The van der Waals surface area contributed by atoms with Crippen LogP contribution in [0.5, 0.6) is 0 Å². The zero-order chi connectivity index (χ0) is 19.8. The second kappa shape index (κ2) is 10.2. The molecular formula is C23H33N5. The van der Waals surface area contributed by atoms with Gasteiger partial charge in [-0.1, -0.05) is 50.2 Å². The van der Waals surface area contributed by atoms with Crippen molar-refractivity contribution in [1.29, 1.82) is 0 Å². The average Bonchev–Trinajstić information content (AvgIpc) is 2.74. The molecule has 0 radical (unpaired) electrons. The summed E-state index contributed by atoms with van der Waals surface area (Å²) in [6.45, 7) is 11.7. The van der Waals surface area contributed by atoms with Gasteiger partial charge in [0, 0.05) is 38.4 Å². The van der Waals surface area contributed by atoms with Crippen LogP contribution < -0.4 is 11.1 Å². The maximum atomic E-state index is 6.11. The highest BCUT2D eigenvalue weighted by atomic mass is 15.3. The highest BCUT2D eigenvalue weighted by Crippen LogP contribution is 2.15. The Hall–Kier alpha value is -2.37. The van der Waals surface area contributed by atoms with Crippen molar-refractivity contribution >= 4 is 11.6 Å². The molecule has 0 aliphatic carbocycles. The number of nitrogens with one attached hydrogen (secondary N) is 1. The number of hydrogen-bond donors (Lipinski definition) is 2. The van der Waals surface area contributed by atoms with E-state index in [1.54, 1.807) is 0 Å². The van der Waals surface area contributed by atoms with Crippen LogP contribution in [0.25, 0.3) is 0 Å². The average molecular weight is 380 g/mol. The van der Waals surface area contributed by atoms with Gasteiger partial charge in [0.25, 0.3) is 0 Å². The Morgan fingerprint density at radius 3 is 2.21 bits per heavy atom. The molecular weight excluding hydrogens is 346 g/mol. The lowest BCUT2D eigenvalue weighted by atomic mass is 10.1. The normalized spacial score (nSPS) is 16.3. The van der Waals surface area contributed by atoms with Crippen molar-refractivity contribution in [2.24, 2.45) is 10.7 Å². The predicted molar refractivity (Wildman–Crippen MR) is 119 cm³/mol. The number of anilines is 1. The van der Waals surface area contributed by atoms with Crippen LogP contribution in [-0.4, -0.2) is 48.5 Å². The van der Waals surface area contributed by atoms with E-state index in [2.05, 4.69) is 70.4 Å². The standard InChI is InChI=1S/C23H33N5/c1-3-19-9-11-22(12-10-19)26-23(24)25-17-20-7-5-6-8-21(20)18-28-15-13-27(4-2)14-16-28/h5-12H,3-4,13-18H2,1-2H3,(H3,24,25,26). The summed E-state index contributed by atoms with van der Waals surface area (Å²) in [4.78, 5) is 9.61. The Balaban J connectivity index is 1.58. The summed E-state index contributed by atoms with van der Waals surface area (Å²) >= 11 is 0. The minimum absolute atomic E-state index is 0.454. The van der Waals surface area contributed by atoms with Gasteiger partial charge in [-0.3, -0.25) is 4.90 Å². The SMILES string of the molecule is CCc1ccc(NC(N)=NCc2ccccc2CN2CCN(CC)CC2)cc1. The number of nitrogens with two attached hydrogens (primary N) is 1. The monoisotopic (exact) mass is 379 g/mol. The number of guanidine groups is 1. The summed E-state index contributed by atoms with van der Waals surface area (Å²) in [6, 6.07) is 16.9. The van der Waals surface area contributed by atoms with Gasteiger partial charge in [0.1, 0.15) is 0 Å². The molecule has 150 valence electrons. The molecule has 2 aromatic rings. The molecule has 0 unspecified atom stereocenters. The second-order valence-corrected chi connectivity index (χ2v) is 7.36. The largest absolute Gasteiger partial charge is 0.370 e. The fourth-order valence-corrected chi connectivity index (χ4v) is 3.55. The van der Waals surface area contributed by atoms with Crippen LogP contribution in [-0.2, 0) is 19.5 Å². The number of likely N-dealkylation sites (N-methyl/N-ethyl adjacent to an activating group) is 1. The van der Waals surface area contributed by atoms with E-state index in [4.69, 9.17) is 5.73 Å². The molecule has 0 spiro atoms. The number of benzene rings is 2. The van der Waals surface area contributed by atoms with E-state index in [1.165, 1.54) is 16.7 Å². The summed E-state index contributed by atoms with van der Waals surface area (Å²) in [5.41, 5.74) is 11.0. The molecule has 3 rings (SSSR count). The third kappa shape index (κ3) is 5.81. The predicted octanol–water partition coefficient (Wildman–Crippen LogP) is 3.31. The van der Waals surface area contributed by atoms with Gasteiger partial charge in [-0.2, -0.15) is 0 Å². The van der Waals surface area contributed by atoms with Crippen molar-refractivity contribution in [2.45, 2.75) is 33.4 Å². The topological polar surface area (TPSA) is 56.9 Å². The molecule has 28 heavy (non-hydrogen) atoms. The molecule has 1 fully saturated rings. The zero-order valence-corrected chi connectivity index (χ0v) is 17.2. The van der Waals surface area contributed by atoms with Crippen molar-refractivity contribution in [3.05, 3.63) is 65.2 Å². The van der Waals surface area contributed by atoms with Gasteiger partial charge in [0.2, 0.25) is 0 Å². The van der Waals surface area contributed by atoms with E-state index >= 15 is 0 Å². The van der Waals surface area contributed by atoms with Crippen LogP contribution in [0.4, 0.5) is 5.69 Å². The Morgan fingerprint density at radius 1 is 0.929 bits per heavy atom.